The number of hydrogen-bond donors (Lipinski definition) is 0. The van der Waals surface area contributed by atoms with Crippen LogP contribution in [0, 0.1) is 11.8 Å². The first-order valence-electron chi connectivity index (χ1n) is 32.5. The van der Waals surface area contributed by atoms with Crippen molar-refractivity contribution >= 4 is 17.8 Å². The summed E-state index contributed by atoms with van der Waals surface area (Å²) >= 11 is 0. The van der Waals surface area contributed by atoms with Crippen molar-refractivity contribution in [1.29, 1.82) is 0 Å². The second kappa shape index (κ2) is 56.1. The van der Waals surface area contributed by atoms with Crippen LogP contribution in [-0.4, -0.2) is 48.5 Å². The highest BCUT2D eigenvalue weighted by Crippen LogP contribution is 2.24. The Balaban J connectivity index is 5.23. The maximum absolute atomic E-state index is 14.2. The van der Waals surface area contributed by atoms with Gasteiger partial charge in [0, 0.05) is 31.8 Å². The molecule has 0 aromatic heterocycles. The molecule has 0 fully saturated rings. The van der Waals surface area contributed by atoms with Crippen LogP contribution in [0.4, 0.5) is 0 Å². The molecule has 0 rings (SSSR count). The van der Waals surface area contributed by atoms with Gasteiger partial charge in [-0.15, -0.1) is 0 Å². The average Bonchev–Trinajstić information content (AvgIpc) is 3.37. The Morgan fingerprint density at radius 2 is 0.563 bits per heavy atom. The molecule has 0 N–H and O–H groups in total. The zero-order valence-corrected chi connectivity index (χ0v) is 49.2. The molecular weight excluding hydrogens is 875 g/mol. The number of carbonyl (C=O) groups is 3. The Hall–Kier alpha value is -1.59. The van der Waals surface area contributed by atoms with Crippen molar-refractivity contribution in [2.75, 3.05) is 19.8 Å². The average molecular weight is 1000 g/mol. The van der Waals surface area contributed by atoms with Crippen molar-refractivity contribution < 1.29 is 23.9 Å². The molecule has 0 aliphatic heterocycles. The molecule has 0 heterocycles. The summed E-state index contributed by atoms with van der Waals surface area (Å²) in [4.78, 5) is 41.9. The molecule has 0 aromatic rings. The number of ether oxygens (including phenoxy) is 2. The first-order valence-corrected chi connectivity index (χ1v) is 32.5. The molecule has 6 heteroatoms. The third-order valence-electron chi connectivity index (χ3n) is 15.7. The minimum absolute atomic E-state index is 0.00104. The van der Waals surface area contributed by atoms with Crippen molar-refractivity contribution in [3.05, 3.63) is 0 Å². The van der Waals surface area contributed by atoms with Gasteiger partial charge in [-0.05, 0) is 76.0 Å². The molecule has 0 bridgehead atoms. The van der Waals surface area contributed by atoms with E-state index in [9.17, 15) is 14.4 Å². The first-order chi connectivity index (χ1) is 34.9. The lowest BCUT2D eigenvalue weighted by Crippen LogP contribution is -2.41. The van der Waals surface area contributed by atoms with Gasteiger partial charge in [0.1, 0.15) is 0 Å². The van der Waals surface area contributed by atoms with Gasteiger partial charge in [0.05, 0.1) is 13.2 Å². The maximum atomic E-state index is 14.2. The van der Waals surface area contributed by atoms with E-state index < -0.39 is 0 Å². The van der Waals surface area contributed by atoms with Gasteiger partial charge in [0.15, 0.2) is 0 Å². The van der Waals surface area contributed by atoms with Crippen LogP contribution in [0.25, 0.3) is 0 Å². The lowest BCUT2D eigenvalue weighted by atomic mass is 9.96. The summed E-state index contributed by atoms with van der Waals surface area (Å²) in [6.07, 6.45) is 59.4. The van der Waals surface area contributed by atoms with E-state index in [1.807, 2.05) is 0 Å². The predicted molar refractivity (Wildman–Crippen MR) is 309 cm³/mol. The molecule has 0 saturated heterocycles. The van der Waals surface area contributed by atoms with Crippen LogP contribution in [-0.2, 0) is 23.9 Å². The van der Waals surface area contributed by atoms with E-state index in [-0.39, 0.29) is 11.9 Å². The Kier molecular flexibility index (Phi) is 54.9. The molecule has 2 unspecified atom stereocenters. The Bertz CT molecular complexity index is 1060. The Morgan fingerprint density at radius 1 is 0.296 bits per heavy atom. The van der Waals surface area contributed by atoms with E-state index in [4.69, 9.17) is 9.47 Å². The highest BCUT2D eigenvalue weighted by atomic mass is 16.5. The van der Waals surface area contributed by atoms with E-state index in [1.165, 1.54) is 250 Å². The van der Waals surface area contributed by atoms with Crippen molar-refractivity contribution in [1.82, 2.24) is 4.90 Å². The van der Waals surface area contributed by atoms with Gasteiger partial charge >= 0.3 is 11.9 Å². The van der Waals surface area contributed by atoms with Gasteiger partial charge in [-0.25, -0.2) is 0 Å². The van der Waals surface area contributed by atoms with Crippen LogP contribution in [0.3, 0.4) is 0 Å². The molecular formula is C65H127NO5. The highest BCUT2D eigenvalue weighted by Gasteiger charge is 2.23. The zero-order valence-electron chi connectivity index (χ0n) is 49.2. The fourth-order valence-corrected chi connectivity index (χ4v) is 10.7. The molecule has 0 aromatic carbocycles. The molecule has 1 amide bonds. The van der Waals surface area contributed by atoms with Crippen LogP contribution >= 0.6 is 0 Å². The summed E-state index contributed by atoms with van der Waals surface area (Å²) in [6, 6.07) is 0.343. The summed E-state index contributed by atoms with van der Waals surface area (Å²) in [6.45, 7) is 15.8. The van der Waals surface area contributed by atoms with Crippen LogP contribution in [0.15, 0.2) is 0 Å². The van der Waals surface area contributed by atoms with Crippen LogP contribution in [0.5, 0.6) is 0 Å². The second-order valence-corrected chi connectivity index (χ2v) is 22.7. The smallest absolute Gasteiger partial charge is 0.305 e. The summed E-state index contributed by atoms with van der Waals surface area (Å²) in [5.41, 5.74) is 0. The van der Waals surface area contributed by atoms with Gasteiger partial charge in [0.25, 0.3) is 0 Å². The molecule has 0 aliphatic carbocycles. The summed E-state index contributed by atoms with van der Waals surface area (Å²) in [5.74, 6) is 1.47. The predicted octanol–water partition coefficient (Wildman–Crippen LogP) is 21.1. The van der Waals surface area contributed by atoms with E-state index in [2.05, 4.69) is 46.4 Å². The fourth-order valence-electron chi connectivity index (χ4n) is 10.7. The Morgan fingerprint density at radius 3 is 0.930 bits per heavy atom. The van der Waals surface area contributed by atoms with E-state index in [0.29, 0.717) is 56.3 Å². The summed E-state index contributed by atoms with van der Waals surface area (Å²) < 4.78 is 11.6. The lowest BCUT2D eigenvalue weighted by Gasteiger charge is -2.33. The minimum Gasteiger partial charge on any atom is -0.465 e. The standard InChI is InChI=1S/C65H127NO5/c1-7-13-19-23-25-27-28-36-44-54-63(67)66(57-47-39-33-26-24-20-14-8-2)62(52-42-34-29-31-37-45-55-64(68)70-58-60(48-17-11-5)50-40-21-15-9-3)53-43-35-30-32-38-46-56-65(69)71-59-61(49-18-12-6)51-41-22-16-10-4/h60-62H,7-59H2,1-6H3. The molecule has 422 valence electrons. The third-order valence-corrected chi connectivity index (χ3v) is 15.7. The number of amides is 1. The number of unbranched alkanes of at least 4 members (excludes halogenated alkanes) is 33. The van der Waals surface area contributed by atoms with Gasteiger partial charge in [-0.1, -0.05) is 279 Å². The van der Waals surface area contributed by atoms with Crippen molar-refractivity contribution in [2.45, 2.75) is 369 Å². The molecule has 0 saturated carbocycles. The molecule has 0 radical (unpaired) electrons. The van der Waals surface area contributed by atoms with Crippen molar-refractivity contribution in [2.24, 2.45) is 11.8 Å². The fraction of sp³-hybridized carbons (Fsp3) is 0.954. The van der Waals surface area contributed by atoms with E-state index in [1.54, 1.807) is 0 Å². The monoisotopic (exact) mass is 1000 g/mol. The topological polar surface area (TPSA) is 72.9 Å². The second-order valence-electron chi connectivity index (χ2n) is 22.7. The van der Waals surface area contributed by atoms with Gasteiger partial charge in [-0.2, -0.15) is 0 Å². The minimum atomic E-state index is 0.00104. The SMILES string of the molecule is CCCCCCCCCCCC(=O)N(CCCCCCCCCC)C(CCCCCCCCC(=O)OCC(CCCC)CCCCCC)CCCCCCCCC(=O)OCC(CCCC)CCCCCC. The number of nitrogens with zero attached hydrogens (tertiary/aromatic N) is 1. The number of hydrogen-bond acceptors (Lipinski definition) is 5. The van der Waals surface area contributed by atoms with Crippen molar-refractivity contribution in [3.8, 4) is 0 Å². The Labute approximate surface area is 445 Å². The quantitative estimate of drug-likeness (QED) is 0.0448. The van der Waals surface area contributed by atoms with Crippen LogP contribution in [0.2, 0.25) is 0 Å². The van der Waals surface area contributed by atoms with E-state index >= 15 is 0 Å². The summed E-state index contributed by atoms with van der Waals surface area (Å²) in [7, 11) is 0. The molecule has 6 nitrogen and oxygen atoms in total. The van der Waals surface area contributed by atoms with Crippen LogP contribution in [0.1, 0.15) is 363 Å². The number of esters is 2. The largest absolute Gasteiger partial charge is 0.465 e. The van der Waals surface area contributed by atoms with Crippen LogP contribution < -0.4 is 0 Å². The number of carbonyl (C=O) groups excluding carboxylic acids is 3. The molecule has 71 heavy (non-hydrogen) atoms. The highest BCUT2D eigenvalue weighted by molar-refractivity contribution is 5.76. The maximum Gasteiger partial charge on any atom is 0.305 e. The van der Waals surface area contributed by atoms with Crippen molar-refractivity contribution in [3.63, 3.8) is 0 Å². The van der Waals surface area contributed by atoms with Gasteiger partial charge in [-0.3, -0.25) is 14.4 Å². The van der Waals surface area contributed by atoms with Gasteiger partial charge in [0.2, 0.25) is 5.91 Å². The van der Waals surface area contributed by atoms with Gasteiger partial charge < -0.3 is 14.4 Å². The first kappa shape index (κ1) is 69.4. The molecule has 0 aliphatic rings. The normalized spacial score (nSPS) is 12.8. The lowest BCUT2D eigenvalue weighted by molar-refractivity contribution is -0.146. The third kappa shape index (κ3) is 47.8. The molecule has 0 spiro atoms. The summed E-state index contributed by atoms with van der Waals surface area (Å²) in [5, 5.41) is 0. The zero-order chi connectivity index (χ0) is 51.9. The number of rotatable bonds is 58. The molecule has 2 atom stereocenters. The van der Waals surface area contributed by atoms with E-state index in [0.717, 1.165) is 57.9 Å².